The van der Waals surface area contributed by atoms with E-state index in [1.54, 1.807) is 13.1 Å². The molecule has 0 fully saturated rings. The number of benzene rings is 1. The maximum Gasteiger partial charge on any atom is 0.145 e. The van der Waals surface area contributed by atoms with Crippen LogP contribution in [-0.2, 0) is 0 Å². The van der Waals surface area contributed by atoms with Gasteiger partial charge in [-0.2, -0.15) is 0 Å². The van der Waals surface area contributed by atoms with Gasteiger partial charge in [-0.1, -0.05) is 82.0 Å². The van der Waals surface area contributed by atoms with Gasteiger partial charge in [0.2, 0.25) is 0 Å². The van der Waals surface area contributed by atoms with Crippen molar-refractivity contribution in [1.29, 1.82) is 0 Å². The molecular formula is C28H45N3O. The van der Waals surface area contributed by atoms with Crippen LogP contribution in [0.25, 0.3) is 0 Å². The first kappa shape index (κ1) is 31.3. The quantitative estimate of drug-likeness (QED) is 0.171. The van der Waals surface area contributed by atoms with Gasteiger partial charge in [-0.3, -0.25) is 9.98 Å². The Balaban J connectivity index is 0. The van der Waals surface area contributed by atoms with E-state index >= 15 is 0 Å². The molecule has 1 aromatic rings. The fourth-order valence-electron chi connectivity index (χ4n) is 2.44. The SMILES string of the molecule is C=C/C=C\C(=C/C)[C@H](C/C=C/C)NC(COc1ccccc1)=NC.CC.CCC=NCC. The van der Waals surface area contributed by atoms with E-state index in [0.717, 1.165) is 31.0 Å². The van der Waals surface area contributed by atoms with E-state index in [2.05, 4.69) is 53.1 Å². The molecule has 0 heterocycles. The number of nitrogens with one attached hydrogen (secondary N) is 1. The van der Waals surface area contributed by atoms with Crippen molar-refractivity contribution in [2.75, 3.05) is 20.2 Å². The highest BCUT2D eigenvalue weighted by Crippen LogP contribution is 2.11. The molecular weight excluding hydrogens is 394 g/mol. The van der Waals surface area contributed by atoms with Gasteiger partial charge in [0.25, 0.3) is 0 Å². The molecule has 1 N–H and O–H groups in total. The van der Waals surface area contributed by atoms with Crippen molar-refractivity contribution < 1.29 is 4.74 Å². The lowest BCUT2D eigenvalue weighted by Crippen LogP contribution is -2.38. The minimum Gasteiger partial charge on any atom is -0.486 e. The van der Waals surface area contributed by atoms with E-state index in [1.807, 2.05) is 77.2 Å². The normalized spacial score (nSPS) is 12.7. The summed E-state index contributed by atoms with van der Waals surface area (Å²) in [6.07, 6.45) is 16.0. The molecule has 4 heteroatoms. The molecule has 32 heavy (non-hydrogen) atoms. The van der Waals surface area contributed by atoms with Gasteiger partial charge < -0.3 is 10.1 Å². The van der Waals surface area contributed by atoms with Crippen molar-refractivity contribution in [3.8, 4) is 5.75 Å². The topological polar surface area (TPSA) is 46.0 Å². The number of rotatable bonds is 11. The Labute approximate surface area is 197 Å². The second-order valence-corrected chi connectivity index (χ2v) is 6.25. The van der Waals surface area contributed by atoms with Gasteiger partial charge in [-0.25, -0.2) is 0 Å². The molecule has 0 radical (unpaired) electrons. The first-order valence-electron chi connectivity index (χ1n) is 11.6. The van der Waals surface area contributed by atoms with Crippen LogP contribution in [0.2, 0.25) is 0 Å². The summed E-state index contributed by atoms with van der Waals surface area (Å²) >= 11 is 0. The summed E-state index contributed by atoms with van der Waals surface area (Å²) < 4.78 is 5.79. The molecule has 0 aliphatic rings. The van der Waals surface area contributed by atoms with Crippen LogP contribution in [0, 0.1) is 0 Å². The van der Waals surface area contributed by atoms with E-state index in [-0.39, 0.29) is 6.04 Å². The van der Waals surface area contributed by atoms with E-state index < -0.39 is 0 Å². The van der Waals surface area contributed by atoms with Crippen molar-refractivity contribution >= 4 is 12.1 Å². The van der Waals surface area contributed by atoms with Gasteiger partial charge in [0.15, 0.2) is 0 Å². The summed E-state index contributed by atoms with van der Waals surface area (Å²) in [7, 11) is 1.78. The number of allylic oxidation sites excluding steroid dienone is 4. The second-order valence-electron chi connectivity index (χ2n) is 6.25. The number of aliphatic imine (C=N–C) groups is 2. The number of hydrogen-bond acceptors (Lipinski definition) is 3. The van der Waals surface area contributed by atoms with E-state index in [9.17, 15) is 0 Å². The number of amidine groups is 1. The van der Waals surface area contributed by atoms with Crippen molar-refractivity contribution in [1.82, 2.24) is 5.32 Å². The zero-order valence-corrected chi connectivity index (χ0v) is 21.3. The average Bonchev–Trinajstić information content (AvgIpc) is 2.85. The third kappa shape index (κ3) is 16.9. The third-order valence-corrected chi connectivity index (χ3v) is 3.99. The minimum atomic E-state index is 0.139. The molecule has 0 saturated heterocycles. The van der Waals surface area contributed by atoms with E-state index in [1.165, 1.54) is 5.57 Å². The molecule has 1 atom stereocenters. The zero-order valence-electron chi connectivity index (χ0n) is 21.3. The Bertz CT molecular complexity index is 695. The monoisotopic (exact) mass is 439 g/mol. The molecule has 0 saturated carbocycles. The lowest BCUT2D eigenvalue weighted by molar-refractivity contribution is 0.370. The van der Waals surface area contributed by atoms with Crippen LogP contribution in [0.15, 0.2) is 88.9 Å². The summed E-state index contributed by atoms with van der Waals surface area (Å²) in [5.41, 5.74) is 1.19. The summed E-state index contributed by atoms with van der Waals surface area (Å²) in [5, 5.41) is 3.49. The van der Waals surface area contributed by atoms with Crippen LogP contribution in [-0.4, -0.2) is 38.3 Å². The number of hydrogen-bond donors (Lipinski definition) is 1. The van der Waals surface area contributed by atoms with Gasteiger partial charge in [0.1, 0.15) is 18.2 Å². The molecule has 4 nitrogen and oxygen atoms in total. The second kappa shape index (κ2) is 24.4. The fraction of sp³-hybridized carbons (Fsp3) is 0.429. The van der Waals surface area contributed by atoms with Crippen molar-refractivity contribution in [2.45, 2.75) is 60.4 Å². The van der Waals surface area contributed by atoms with Crippen LogP contribution in [0.1, 0.15) is 54.4 Å². The van der Waals surface area contributed by atoms with Gasteiger partial charge in [-0.05, 0) is 57.5 Å². The molecule has 1 aromatic carbocycles. The highest BCUT2D eigenvalue weighted by molar-refractivity contribution is 5.84. The summed E-state index contributed by atoms with van der Waals surface area (Å²) in [6, 6.07) is 9.90. The summed E-state index contributed by atoms with van der Waals surface area (Å²) in [6.45, 7) is 17.3. The lowest BCUT2D eigenvalue weighted by Gasteiger charge is -2.21. The summed E-state index contributed by atoms with van der Waals surface area (Å²) in [5.74, 6) is 1.66. The molecule has 0 bridgehead atoms. The predicted octanol–water partition coefficient (Wildman–Crippen LogP) is 7.22. The smallest absolute Gasteiger partial charge is 0.145 e. The van der Waals surface area contributed by atoms with E-state index in [0.29, 0.717) is 6.61 Å². The fourth-order valence-corrected chi connectivity index (χ4v) is 2.44. The zero-order chi connectivity index (χ0) is 24.5. The maximum atomic E-state index is 5.79. The first-order chi connectivity index (χ1) is 15.7. The van der Waals surface area contributed by atoms with Crippen LogP contribution >= 0.6 is 0 Å². The van der Waals surface area contributed by atoms with Crippen LogP contribution in [0.5, 0.6) is 5.75 Å². The Morgan fingerprint density at radius 2 is 1.84 bits per heavy atom. The third-order valence-electron chi connectivity index (χ3n) is 3.99. The molecule has 0 unspecified atom stereocenters. The van der Waals surface area contributed by atoms with Crippen molar-refractivity contribution in [3.05, 3.63) is 78.9 Å². The Kier molecular flexibility index (Phi) is 23.9. The number of ether oxygens (including phenoxy) is 1. The van der Waals surface area contributed by atoms with Crippen LogP contribution < -0.4 is 10.1 Å². The van der Waals surface area contributed by atoms with Crippen LogP contribution in [0.3, 0.4) is 0 Å². The maximum absolute atomic E-state index is 5.79. The largest absolute Gasteiger partial charge is 0.486 e. The van der Waals surface area contributed by atoms with Crippen molar-refractivity contribution in [2.24, 2.45) is 9.98 Å². The average molecular weight is 440 g/mol. The van der Waals surface area contributed by atoms with Gasteiger partial charge in [-0.15, -0.1) is 0 Å². The molecule has 178 valence electrons. The van der Waals surface area contributed by atoms with Gasteiger partial charge in [0, 0.05) is 13.6 Å². The molecule has 0 aliphatic heterocycles. The van der Waals surface area contributed by atoms with Gasteiger partial charge >= 0.3 is 0 Å². The lowest BCUT2D eigenvalue weighted by atomic mass is 10.0. The Morgan fingerprint density at radius 3 is 2.31 bits per heavy atom. The molecule has 0 aliphatic carbocycles. The molecule has 1 rings (SSSR count). The highest BCUT2D eigenvalue weighted by atomic mass is 16.5. The standard InChI is InChI=1S/C21H28N2O.C5H11N.C2H6/c1-5-8-13-18(7-3)20(16-9-6-2)23-21(22-4)17-24-19-14-11-10-12-15-19;1-3-5-6-4-2;1-2/h5-15,20H,1,16-17H2,2-4H3,(H,22,23);5H,3-4H2,1-2H3;1-2H3/b9-6+,13-8-,18-7+;;/t20-;;/m0../s1. The highest BCUT2D eigenvalue weighted by Gasteiger charge is 2.12. The number of para-hydroxylation sites is 1. The Morgan fingerprint density at radius 1 is 1.16 bits per heavy atom. The molecule has 0 spiro atoms. The molecule has 0 amide bonds. The van der Waals surface area contributed by atoms with Gasteiger partial charge in [0.05, 0.1) is 6.04 Å². The predicted molar refractivity (Wildman–Crippen MR) is 145 cm³/mol. The Hall–Kier alpha value is -2.88. The van der Waals surface area contributed by atoms with Crippen molar-refractivity contribution in [3.63, 3.8) is 0 Å². The minimum absolute atomic E-state index is 0.139. The molecule has 0 aromatic heterocycles. The van der Waals surface area contributed by atoms with Crippen LogP contribution in [0.4, 0.5) is 0 Å². The first-order valence-corrected chi connectivity index (χ1v) is 11.6. The summed E-state index contributed by atoms with van der Waals surface area (Å²) in [4.78, 5) is 8.30. The van der Waals surface area contributed by atoms with E-state index in [4.69, 9.17) is 4.74 Å². The number of nitrogens with zero attached hydrogens (tertiary/aromatic N) is 2.